The molecule has 0 saturated carbocycles. The molecule has 0 atom stereocenters. The number of hydrogen-bond acceptors (Lipinski definition) is 3. The molecule has 4 nitrogen and oxygen atoms in total. The number of para-hydroxylation sites is 1. The zero-order valence-corrected chi connectivity index (χ0v) is 16.2. The summed E-state index contributed by atoms with van der Waals surface area (Å²) in [5, 5.41) is 0. The summed E-state index contributed by atoms with van der Waals surface area (Å²) in [5.74, 6) is -0.623. The highest BCUT2D eigenvalue weighted by molar-refractivity contribution is 7.92. The van der Waals surface area contributed by atoms with Gasteiger partial charge in [0, 0.05) is 5.56 Å². The number of rotatable bonds is 6. The van der Waals surface area contributed by atoms with Gasteiger partial charge in [0.05, 0.1) is 24.2 Å². The predicted octanol–water partition coefficient (Wildman–Crippen LogP) is 4.68. The smallest absolute Gasteiger partial charge is 0.264 e. The molecule has 28 heavy (non-hydrogen) atoms. The summed E-state index contributed by atoms with van der Waals surface area (Å²) in [6, 6.07) is 15.7. The molecule has 0 radical (unpaired) electrons. The number of ether oxygens (including phenoxy) is 1. The molecule has 0 aliphatic heterocycles. The second kappa shape index (κ2) is 7.98. The Kier molecular flexibility index (Phi) is 5.65. The maximum Gasteiger partial charge on any atom is 0.264 e. The highest BCUT2D eigenvalue weighted by Crippen LogP contribution is 2.30. The van der Waals surface area contributed by atoms with Crippen molar-refractivity contribution in [1.29, 1.82) is 0 Å². The molecule has 146 valence electrons. The van der Waals surface area contributed by atoms with Crippen molar-refractivity contribution in [3.05, 3.63) is 89.5 Å². The van der Waals surface area contributed by atoms with Gasteiger partial charge in [-0.15, -0.1) is 0 Å². The van der Waals surface area contributed by atoms with E-state index in [0.717, 1.165) is 10.4 Å². The van der Waals surface area contributed by atoms with Crippen LogP contribution >= 0.6 is 0 Å². The third kappa shape index (κ3) is 3.99. The number of nitrogens with zero attached hydrogens (tertiary/aromatic N) is 1. The second-order valence-electron chi connectivity index (χ2n) is 6.21. The number of benzene rings is 3. The first-order valence-corrected chi connectivity index (χ1v) is 9.93. The Morgan fingerprint density at radius 2 is 1.57 bits per heavy atom. The summed E-state index contributed by atoms with van der Waals surface area (Å²) < 4.78 is 60.5. The lowest BCUT2D eigenvalue weighted by molar-refractivity contribution is 0.410. The van der Waals surface area contributed by atoms with Gasteiger partial charge in [0.15, 0.2) is 0 Å². The molecule has 0 aliphatic rings. The summed E-state index contributed by atoms with van der Waals surface area (Å²) in [6.45, 7) is 1.53. The number of sulfonamides is 1. The van der Waals surface area contributed by atoms with Crippen molar-refractivity contribution in [2.24, 2.45) is 0 Å². The molecule has 0 aromatic heterocycles. The molecule has 0 N–H and O–H groups in total. The highest BCUT2D eigenvalue weighted by atomic mass is 32.2. The van der Waals surface area contributed by atoms with Crippen LogP contribution in [0.2, 0.25) is 0 Å². The maximum atomic E-state index is 13.8. The molecule has 3 rings (SSSR count). The Morgan fingerprint density at radius 1 is 0.929 bits per heavy atom. The minimum atomic E-state index is -4.13. The Labute approximate surface area is 163 Å². The average molecular weight is 403 g/mol. The third-order valence-electron chi connectivity index (χ3n) is 4.34. The molecule has 3 aromatic rings. The lowest BCUT2D eigenvalue weighted by atomic mass is 10.2. The van der Waals surface area contributed by atoms with Crippen LogP contribution in [0.3, 0.4) is 0 Å². The maximum absolute atomic E-state index is 13.8. The van der Waals surface area contributed by atoms with Gasteiger partial charge in [-0.05, 0) is 55.0 Å². The Balaban J connectivity index is 2.15. The summed E-state index contributed by atoms with van der Waals surface area (Å²) in [5.41, 5.74) is 1.29. The number of hydrogen-bond donors (Lipinski definition) is 0. The van der Waals surface area contributed by atoms with Gasteiger partial charge >= 0.3 is 0 Å². The van der Waals surface area contributed by atoms with Crippen LogP contribution < -0.4 is 9.04 Å². The van der Waals surface area contributed by atoms with E-state index in [1.165, 1.54) is 43.5 Å². The van der Waals surface area contributed by atoms with E-state index in [0.29, 0.717) is 16.9 Å². The molecule has 0 fully saturated rings. The lowest BCUT2D eigenvalue weighted by Crippen LogP contribution is -2.31. The van der Waals surface area contributed by atoms with Crippen LogP contribution in [0.5, 0.6) is 5.75 Å². The molecule has 0 amide bonds. The van der Waals surface area contributed by atoms with E-state index in [4.69, 9.17) is 4.74 Å². The molecule has 0 bridgehead atoms. The molecule has 0 heterocycles. The normalized spacial score (nSPS) is 11.3. The minimum absolute atomic E-state index is 0.0616. The van der Waals surface area contributed by atoms with Crippen LogP contribution in [-0.2, 0) is 16.6 Å². The molecule has 0 saturated heterocycles. The van der Waals surface area contributed by atoms with Gasteiger partial charge in [-0.25, -0.2) is 17.2 Å². The molecular weight excluding hydrogens is 384 g/mol. The Hall–Kier alpha value is -2.93. The van der Waals surface area contributed by atoms with Gasteiger partial charge in [-0.2, -0.15) is 0 Å². The standard InChI is InChI=1S/C21H19F2NO3S/c1-15-7-8-18(23)13-21(15)28(25,26)24(19-11-9-17(22)10-12-19)14-16-5-3-4-6-20(16)27-2/h3-13H,14H2,1-2H3. The number of methoxy groups -OCH3 is 1. The van der Waals surface area contributed by atoms with Gasteiger partial charge in [-0.1, -0.05) is 24.3 Å². The van der Waals surface area contributed by atoms with E-state index in [1.54, 1.807) is 31.2 Å². The molecular formula is C21H19F2NO3S. The van der Waals surface area contributed by atoms with Crippen LogP contribution in [0.25, 0.3) is 0 Å². The lowest BCUT2D eigenvalue weighted by Gasteiger charge is -2.26. The zero-order chi connectivity index (χ0) is 20.3. The Morgan fingerprint density at radius 3 is 2.25 bits per heavy atom. The van der Waals surface area contributed by atoms with Crippen LogP contribution in [0.15, 0.2) is 71.6 Å². The predicted molar refractivity (Wildman–Crippen MR) is 104 cm³/mol. The van der Waals surface area contributed by atoms with Gasteiger partial charge in [0.1, 0.15) is 17.4 Å². The number of anilines is 1. The van der Waals surface area contributed by atoms with Crippen LogP contribution in [0, 0.1) is 18.6 Å². The quantitative estimate of drug-likeness (QED) is 0.601. The fraction of sp³-hybridized carbons (Fsp3) is 0.143. The highest BCUT2D eigenvalue weighted by Gasteiger charge is 2.28. The van der Waals surface area contributed by atoms with E-state index < -0.39 is 21.7 Å². The summed E-state index contributed by atoms with van der Waals surface area (Å²) >= 11 is 0. The van der Waals surface area contributed by atoms with Gasteiger partial charge in [0.25, 0.3) is 10.0 Å². The summed E-state index contributed by atoms with van der Waals surface area (Å²) in [6.07, 6.45) is 0. The molecule has 0 spiro atoms. The van der Waals surface area contributed by atoms with Gasteiger partial charge in [-0.3, -0.25) is 4.31 Å². The van der Waals surface area contributed by atoms with Crippen LogP contribution in [0.4, 0.5) is 14.5 Å². The van der Waals surface area contributed by atoms with Crippen molar-refractivity contribution in [3.63, 3.8) is 0 Å². The van der Waals surface area contributed by atoms with Crippen molar-refractivity contribution in [3.8, 4) is 5.75 Å². The van der Waals surface area contributed by atoms with E-state index in [9.17, 15) is 17.2 Å². The van der Waals surface area contributed by atoms with E-state index in [2.05, 4.69) is 0 Å². The first kappa shape index (κ1) is 19.8. The topological polar surface area (TPSA) is 46.6 Å². The van der Waals surface area contributed by atoms with Gasteiger partial charge < -0.3 is 4.74 Å². The monoisotopic (exact) mass is 403 g/mol. The van der Waals surface area contributed by atoms with Crippen molar-refractivity contribution < 1.29 is 21.9 Å². The van der Waals surface area contributed by atoms with Crippen molar-refractivity contribution >= 4 is 15.7 Å². The van der Waals surface area contributed by atoms with Crippen LogP contribution in [-0.4, -0.2) is 15.5 Å². The van der Waals surface area contributed by atoms with E-state index in [1.807, 2.05) is 0 Å². The third-order valence-corrected chi connectivity index (χ3v) is 6.26. The molecule has 0 aliphatic carbocycles. The fourth-order valence-corrected chi connectivity index (χ4v) is 4.56. The summed E-state index contributed by atoms with van der Waals surface area (Å²) in [4.78, 5) is -0.147. The average Bonchev–Trinajstić information content (AvgIpc) is 2.69. The van der Waals surface area contributed by atoms with Crippen molar-refractivity contribution in [1.82, 2.24) is 0 Å². The van der Waals surface area contributed by atoms with E-state index >= 15 is 0 Å². The number of aryl methyl sites for hydroxylation is 1. The first-order valence-electron chi connectivity index (χ1n) is 8.49. The Bertz CT molecular complexity index is 1080. The molecule has 3 aromatic carbocycles. The molecule has 7 heteroatoms. The van der Waals surface area contributed by atoms with E-state index in [-0.39, 0.29) is 17.1 Å². The zero-order valence-electron chi connectivity index (χ0n) is 15.4. The van der Waals surface area contributed by atoms with Crippen molar-refractivity contribution in [2.75, 3.05) is 11.4 Å². The minimum Gasteiger partial charge on any atom is -0.496 e. The van der Waals surface area contributed by atoms with Crippen LogP contribution in [0.1, 0.15) is 11.1 Å². The fourth-order valence-electron chi connectivity index (χ4n) is 2.88. The van der Waals surface area contributed by atoms with Gasteiger partial charge in [0.2, 0.25) is 0 Å². The molecule has 0 unspecified atom stereocenters. The van der Waals surface area contributed by atoms with Crippen molar-refractivity contribution in [2.45, 2.75) is 18.4 Å². The second-order valence-corrected chi connectivity index (χ2v) is 8.04. The first-order chi connectivity index (χ1) is 13.3. The largest absolute Gasteiger partial charge is 0.496 e. The number of halogens is 2. The SMILES string of the molecule is COc1ccccc1CN(c1ccc(F)cc1)S(=O)(=O)c1cc(F)ccc1C. The summed E-state index contributed by atoms with van der Waals surface area (Å²) in [7, 11) is -2.64.